The zero-order valence-electron chi connectivity index (χ0n) is 8.01. The van der Waals surface area contributed by atoms with Gasteiger partial charge in [-0.3, -0.25) is 0 Å². The molecule has 1 atom stereocenters. The van der Waals surface area contributed by atoms with Crippen LogP contribution >= 0.6 is 0 Å². The maximum absolute atomic E-state index is 5.83. The van der Waals surface area contributed by atoms with Gasteiger partial charge in [0.15, 0.2) is 0 Å². The van der Waals surface area contributed by atoms with Gasteiger partial charge in [0.2, 0.25) is 0 Å². The van der Waals surface area contributed by atoms with E-state index in [4.69, 9.17) is 8.85 Å². The van der Waals surface area contributed by atoms with Gasteiger partial charge >= 0.3 is 9.28 Å². The molecule has 70 valence electrons. The van der Waals surface area contributed by atoms with E-state index < -0.39 is 9.28 Å². The summed E-state index contributed by atoms with van der Waals surface area (Å²) < 4.78 is 11.4. The predicted molar refractivity (Wildman–Crippen MR) is 52.5 cm³/mol. The van der Waals surface area contributed by atoms with Gasteiger partial charge in [0.1, 0.15) is 0 Å². The predicted octanol–water partition coefficient (Wildman–Crippen LogP) is 2.00. The van der Waals surface area contributed by atoms with Gasteiger partial charge in [0.25, 0.3) is 0 Å². The highest BCUT2D eigenvalue weighted by Crippen LogP contribution is 2.18. The van der Waals surface area contributed by atoms with Crippen molar-refractivity contribution in [1.82, 2.24) is 0 Å². The van der Waals surface area contributed by atoms with Crippen molar-refractivity contribution < 1.29 is 8.85 Å². The summed E-state index contributed by atoms with van der Waals surface area (Å²) >= 11 is 0. The van der Waals surface area contributed by atoms with E-state index in [1.165, 1.54) is 12.8 Å². The molecule has 0 bridgehead atoms. The summed E-state index contributed by atoms with van der Waals surface area (Å²) in [6, 6.07) is 1.15. The fraction of sp³-hybridized carbons (Fsp3) is 0.778. The van der Waals surface area contributed by atoms with Gasteiger partial charge in [-0.15, -0.1) is 6.58 Å². The van der Waals surface area contributed by atoms with Crippen LogP contribution in [0, 0.1) is 0 Å². The molecule has 0 N–H and O–H groups in total. The van der Waals surface area contributed by atoms with Crippen molar-refractivity contribution in [2.75, 3.05) is 6.61 Å². The summed E-state index contributed by atoms with van der Waals surface area (Å²) in [7, 11) is -1.34. The Morgan fingerprint density at radius 1 is 1.50 bits per heavy atom. The molecule has 1 saturated heterocycles. The van der Waals surface area contributed by atoms with Crippen LogP contribution in [-0.4, -0.2) is 21.5 Å². The molecule has 0 spiro atoms. The second-order valence-corrected chi connectivity index (χ2v) is 5.73. The lowest BCUT2D eigenvalue weighted by molar-refractivity contribution is 0.0958. The van der Waals surface area contributed by atoms with Gasteiger partial charge in [-0.1, -0.05) is 6.08 Å². The molecule has 0 aliphatic carbocycles. The lowest BCUT2D eigenvalue weighted by atomic mass is 10.1. The molecule has 0 radical (unpaired) electrons. The third-order valence-electron chi connectivity index (χ3n) is 2.06. The van der Waals surface area contributed by atoms with Crippen LogP contribution < -0.4 is 0 Å². The highest BCUT2D eigenvalue weighted by Gasteiger charge is 2.24. The summed E-state index contributed by atoms with van der Waals surface area (Å²) in [5, 5.41) is 0. The Balaban J connectivity index is 2.33. The molecule has 0 saturated carbocycles. The summed E-state index contributed by atoms with van der Waals surface area (Å²) in [6.07, 6.45) is 4.31. The number of rotatable bonds is 3. The van der Waals surface area contributed by atoms with Gasteiger partial charge in [-0.05, 0) is 32.7 Å². The Labute approximate surface area is 76.4 Å². The van der Waals surface area contributed by atoms with E-state index in [2.05, 4.69) is 6.58 Å². The normalized spacial score (nSPS) is 25.3. The van der Waals surface area contributed by atoms with Crippen LogP contribution in [0.2, 0.25) is 6.04 Å². The molecular weight excluding hydrogens is 168 g/mol. The van der Waals surface area contributed by atoms with Crippen LogP contribution in [0.4, 0.5) is 0 Å². The van der Waals surface area contributed by atoms with Crippen molar-refractivity contribution in [2.45, 2.75) is 38.3 Å². The third kappa shape index (κ3) is 3.09. The van der Waals surface area contributed by atoms with Crippen LogP contribution in [0.15, 0.2) is 12.7 Å². The smallest absolute Gasteiger partial charge is 0.322 e. The molecular formula is C9H18O2Si. The number of hydrogen-bond acceptors (Lipinski definition) is 2. The second-order valence-electron chi connectivity index (χ2n) is 3.72. The van der Waals surface area contributed by atoms with E-state index in [1.807, 2.05) is 19.9 Å². The topological polar surface area (TPSA) is 18.5 Å². The zero-order chi connectivity index (χ0) is 9.03. The Hall–Kier alpha value is -0.123. The van der Waals surface area contributed by atoms with Gasteiger partial charge in [-0.25, -0.2) is 0 Å². The van der Waals surface area contributed by atoms with Crippen LogP contribution in [-0.2, 0) is 8.85 Å². The van der Waals surface area contributed by atoms with Gasteiger partial charge in [-0.2, -0.15) is 0 Å². The summed E-state index contributed by atoms with van der Waals surface area (Å²) in [5.41, 5.74) is -0.200. The molecule has 0 aromatic rings. The van der Waals surface area contributed by atoms with E-state index >= 15 is 0 Å². The first-order chi connectivity index (χ1) is 5.64. The van der Waals surface area contributed by atoms with Crippen molar-refractivity contribution in [3.63, 3.8) is 0 Å². The van der Waals surface area contributed by atoms with Crippen LogP contribution in [0.1, 0.15) is 26.7 Å². The molecule has 1 rings (SSSR count). The highest BCUT2D eigenvalue weighted by molar-refractivity contribution is 6.44. The molecule has 1 aliphatic heterocycles. The van der Waals surface area contributed by atoms with E-state index in [0.29, 0.717) is 0 Å². The second kappa shape index (κ2) is 4.21. The van der Waals surface area contributed by atoms with Crippen molar-refractivity contribution in [3.8, 4) is 0 Å². The maximum atomic E-state index is 5.83. The monoisotopic (exact) mass is 186 g/mol. The molecule has 0 amide bonds. The molecule has 2 nitrogen and oxygen atoms in total. The Bertz CT molecular complexity index is 151. The third-order valence-corrected chi connectivity index (χ3v) is 4.42. The lowest BCUT2D eigenvalue weighted by Gasteiger charge is -2.29. The van der Waals surface area contributed by atoms with Crippen molar-refractivity contribution in [2.24, 2.45) is 0 Å². The molecule has 3 heteroatoms. The van der Waals surface area contributed by atoms with E-state index in [-0.39, 0.29) is 5.60 Å². The minimum atomic E-state index is -1.34. The SMILES string of the molecule is C=CC(C)(C)O[SiH]1CCCCO1. The van der Waals surface area contributed by atoms with Crippen molar-refractivity contribution in [1.29, 1.82) is 0 Å². The molecule has 0 aromatic heterocycles. The van der Waals surface area contributed by atoms with Crippen LogP contribution in [0.3, 0.4) is 0 Å². The first-order valence-corrected chi connectivity index (χ1v) is 6.33. The fourth-order valence-electron chi connectivity index (χ4n) is 1.19. The average molecular weight is 186 g/mol. The van der Waals surface area contributed by atoms with E-state index in [0.717, 1.165) is 12.7 Å². The maximum Gasteiger partial charge on any atom is 0.322 e. The summed E-state index contributed by atoms with van der Waals surface area (Å²) in [6.45, 7) is 8.70. The lowest BCUT2D eigenvalue weighted by Crippen LogP contribution is -2.36. The molecule has 12 heavy (non-hydrogen) atoms. The molecule has 1 aliphatic rings. The average Bonchev–Trinajstić information content (AvgIpc) is 2.06. The zero-order valence-corrected chi connectivity index (χ0v) is 9.16. The Morgan fingerprint density at radius 3 is 2.75 bits per heavy atom. The highest BCUT2D eigenvalue weighted by atomic mass is 28.3. The van der Waals surface area contributed by atoms with Gasteiger partial charge < -0.3 is 8.85 Å². The first kappa shape index (κ1) is 9.96. The van der Waals surface area contributed by atoms with E-state index in [9.17, 15) is 0 Å². The van der Waals surface area contributed by atoms with Crippen molar-refractivity contribution in [3.05, 3.63) is 12.7 Å². The largest absolute Gasteiger partial charge is 0.397 e. The van der Waals surface area contributed by atoms with Crippen LogP contribution in [0.5, 0.6) is 0 Å². The Morgan fingerprint density at radius 2 is 2.25 bits per heavy atom. The molecule has 0 aromatic carbocycles. The summed E-state index contributed by atoms with van der Waals surface area (Å²) in [4.78, 5) is 0. The van der Waals surface area contributed by atoms with Gasteiger partial charge in [0.05, 0.1) is 5.60 Å². The molecule has 1 fully saturated rings. The van der Waals surface area contributed by atoms with Crippen LogP contribution in [0.25, 0.3) is 0 Å². The molecule has 1 heterocycles. The minimum absolute atomic E-state index is 0.200. The first-order valence-electron chi connectivity index (χ1n) is 4.57. The van der Waals surface area contributed by atoms with Crippen molar-refractivity contribution >= 4 is 9.28 Å². The summed E-state index contributed by atoms with van der Waals surface area (Å²) in [5.74, 6) is 0. The quantitative estimate of drug-likeness (QED) is 0.496. The van der Waals surface area contributed by atoms with Gasteiger partial charge in [0, 0.05) is 6.61 Å². The number of hydrogen-bond donors (Lipinski definition) is 0. The fourth-order valence-corrected chi connectivity index (χ4v) is 3.37. The minimum Gasteiger partial charge on any atom is -0.397 e. The standard InChI is InChI=1S/C9H18O2Si/c1-4-9(2,3)11-12-8-6-5-7-10-12/h4,12H,1,5-8H2,2-3H3. The Kier molecular flexibility index (Phi) is 3.49. The molecule has 1 unspecified atom stereocenters. The van der Waals surface area contributed by atoms with E-state index in [1.54, 1.807) is 0 Å².